The van der Waals surface area contributed by atoms with E-state index in [1.807, 2.05) is 37.5 Å². The van der Waals surface area contributed by atoms with Crippen molar-refractivity contribution in [3.8, 4) is 16.9 Å². The Morgan fingerprint density at radius 3 is 2.33 bits per heavy atom. The summed E-state index contributed by atoms with van der Waals surface area (Å²) in [5.74, 6) is -4.44. The minimum Gasteiger partial charge on any atom is -0.494 e. The lowest BCUT2D eigenvalue weighted by Gasteiger charge is -2.28. The maximum Gasteiger partial charge on any atom is 0.312 e. The molecule has 5 aromatic rings. The fourth-order valence-corrected chi connectivity index (χ4v) is 7.10. The highest BCUT2D eigenvalue weighted by molar-refractivity contribution is 6.09. The van der Waals surface area contributed by atoms with Crippen molar-refractivity contribution in [2.24, 2.45) is 7.05 Å². The number of unbranched alkanes of at least 4 members (excludes halogenated alkanes) is 5. The second-order valence-corrected chi connectivity index (χ2v) is 14.6. The Labute approximate surface area is 335 Å². The molecule has 12 nitrogen and oxygen atoms in total. The minimum absolute atomic E-state index is 0.0504. The molecule has 0 saturated carbocycles. The monoisotopic (exact) mass is 797 g/mol. The van der Waals surface area contributed by atoms with Gasteiger partial charge in [-0.3, -0.25) is 39.4 Å². The summed E-state index contributed by atoms with van der Waals surface area (Å²) in [5.41, 5.74) is 4.31. The maximum absolute atomic E-state index is 14.9. The number of imide groups is 2. The zero-order valence-electron chi connectivity index (χ0n) is 32.9. The molecule has 1 N–H and O–H groups in total. The normalized spacial score (nSPS) is 14.5. The zero-order chi connectivity index (χ0) is 41.1. The predicted molar refractivity (Wildman–Crippen MR) is 214 cm³/mol. The SMILES string of the molecule is Cc1ccc(OCCCCCCOCCCCCOCC(F)(F)c2ccc(-c3ccc4c5cnccc5n(C)c4c3)cn2)cc1C(=O)N(C=O)C1CCC(=O)NC1=O. The van der Waals surface area contributed by atoms with E-state index < -0.39 is 36.3 Å². The number of hydrogen-bond donors (Lipinski definition) is 1. The molecule has 3 aromatic heterocycles. The summed E-state index contributed by atoms with van der Waals surface area (Å²) in [6, 6.07) is 15.1. The van der Waals surface area contributed by atoms with Gasteiger partial charge in [-0.25, -0.2) is 0 Å². The number of ether oxygens (including phenoxy) is 3. The summed E-state index contributed by atoms with van der Waals surface area (Å²) in [4.78, 5) is 57.8. The third-order valence-electron chi connectivity index (χ3n) is 10.4. The van der Waals surface area contributed by atoms with Crippen molar-refractivity contribution in [2.75, 3.05) is 33.0 Å². The average Bonchev–Trinajstić information content (AvgIpc) is 3.51. The lowest BCUT2D eigenvalue weighted by molar-refractivity contribution is -0.139. The second kappa shape index (κ2) is 19.7. The molecule has 4 amide bonds. The number of halogens is 2. The van der Waals surface area contributed by atoms with E-state index in [9.17, 15) is 28.0 Å². The van der Waals surface area contributed by atoms with Gasteiger partial charge in [-0.1, -0.05) is 30.7 Å². The number of piperidine rings is 1. The van der Waals surface area contributed by atoms with Crippen molar-refractivity contribution in [1.82, 2.24) is 24.8 Å². The first kappa shape index (κ1) is 42.0. The van der Waals surface area contributed by atoms with Gasteiger partial charge in [-0.05, 0) is 93.3 Å². The van der Waals surface area contributed by atoms with Gasteiger partial charge in [0.25, 0.3) is 5.91 Å². The number of carbonyl (C=O) groups is 4. The quantitative estimate of drug-likeness (QED) is 0.0456. The van der Waals surface area contributed by atoms with E-state index >= 15 is 0 Å². The molecule has 1 aliphatic rings. The highest BCUT2D eigenvalue weighted by Crippen LogP contribution is 2.33. The van der Waals surface area contributed by atoms with Crippen molar-refractivity contribution < 1.29 is 42.2 Å². The molecule has 0 radical (unpaired) electrons. The van der Waals surface area contributed by atoms with Crippen molar-refractivity contribution >= 4 is 45.9 Å². The Balaban J connectivity index is 0.800. The van der Waals surface area contributed by atoms with E-state index in [0.29, 0.717) is 44.0 Å². The third-order valence-corrected chi connectivity index (χ3v) is 10.4. The highest BCUT2D eigenvalue weighted by atomic mass is 19.3. The van der Waals surface area contributed by atoms with Crippen LogP contribution in [0.5, 0.6) is 5.75 Å². The van der Waals surface area contributed by atoms with Crippen molar-refractivity contribution in [2.45, 2.75) is 76.7 Å². The van der Waals surface area contributed by atoms with Crippen LogP contribution < -0.4 is 10.1 Å². The van der Waals surface area contributed by atoms with Crippen LogP contribution in [0.2, 0.25) is 0 Å². The Morgan fingerprint density at radius 2 is 1.60 bits per heavy atom. The van der Waals surface area contributed by atoms with Crippen LogP contribution in [0, 0.1) is 6.92 Å². The second-order valence-electron chi connectivity index (χ2n) is 14.6. The molecule has 0 aliphatic carbocycles. The summed E-state index contributed by atoms with van der Waals surface area (Å²) in [6.45, 7) is 2.92. The number of benzene rings is 2. The smallest absolute Gasteiger partial charge is 0.312 e. The molecule has 2 aromatic carbocycles. The Morgan fingerprint density at radius 1 is 0.879 bits per heavy atom. The van der Waals surface area contributed by atoms with Gasteiger partial charge in [0, 0.05) is 79.3 Å². The lowest BCUT2D eigenvalue weighted by Crippen LogP contribution is -2.53. The summed E-state index contributed by atoms with van der Waals surface area (Å²) >= 11 is 0. The van der Waals surface area contributed by atoms with Crippen molar-refractivity contribution in [3.63, 3.8) is 0 Å². The maximum atomic E-state index is 14.9. The summed E-state index contributed by atoms with van der Waals surface area (Å²) in [5, 5.41) is 4.32. The van der Waals surface area contributed by atoms with Gasteiger partial charge < -0.3 is 18.8 Å². The average molecular weight is 798 g/mol. The number of fused-ring (bicyclic) bond motifs is 3. The molecule has 1 fully saturated rings. The Hall–Kier alpha value is -5.60. The molecule has 306 valence electrons. The molecule has 1 aliphatic heterocycles. The number of pyridine rings is 2. The molecular weight excluding hydrogens is 749 g/mol. The molecule has 58 heavy (non-hydrogen) atoms. The number of aryl methyl sites for hydroxylation is 2. The number of amides is 4. The first-order valence-electron chi connectivity index (χ1n) is 19.7. The van der Waals surface area contributed by atoms with E-state index in [4.69, 9.17) is 14.2 Å². The van der Waals surface area contributed by atoms with E-state index in [0.717, 1.165) is 76.4 Å². The summed E-state index contributed by atoms with van der Waals surface area (Å²) in [7, 11) is 2.00. The molecule has 1 saturated heterocycles. The molecule has 1 atom stereocenters. The van der Waals surface area contributed by atoms with Gasteiger partial charge >= 0.3 is 5.92 Å². The number of aromatic nitrogens is 3. The number of nitrogens with zero attached hydrogens (tertiary/aromatic N) is 4. The van der Waals surface area contributed by atoms with Gasteiger partial charge in [-0.2, -0.15) is 8.78 Å². The summed E-state index contributed by atoms with van der Waals surface area (Å²) < 4.78 is 48.8. The topological polar surface area (TPSA) is 142 Å². The molecular formula is C44H49F2N5O7. The van der Waals surface area contributed by atoms with E-state index in [1.54, 1.807) is 37.4 Å². The number of hydrogen-bond acceptors (Lipinski definition) is 9. The van der Waals surface area contributed by atoms with Crippen LogP contribution in [0.3, 0.4) is 0 Å². The Kier molecular flexibility index (Phi) is 14.3. The van der Waals surface area contributed by atoms with Crippen LogP contribution in [-0.2, 0) is 36.8 Å². The van der Waals surface area contributed by atoms with Crippen LogP contribution in [0.1, 0.15) is 79.4 Å². The van der Waals surface area contributed by atoms with Crippen LogP contribution >= 0.6 is 0 Å². The van der Waals surface area contributed by atoms with Gasteiger partial charge in [0.15, 0.2) is 0 Å². The first-order chi connectivity index (χ1) is 28.1. The Bertz CT molecular complexity index is 2230. The van der Waals surface area contributed by atoms with Gasteiger partial charge in [-0.15, -0.1) is 0 Å². The van der Waals surface area contributed by atoms with E-state index in [2.05, 4.69) is 19.9 Å². The van der Waals surface area contributed by atoms with Crippen molar-refractivity contribution in [3.05, 3.63) is 90.0 Å². The largest absolute Gasteiger partial charge is 0.494 e. The van der Waals surface area contributed by atoms with Crippen LogP contribution in [0.15, 0.2) is 73.2 Å². The van der Waals surface area contributed by atoms with Crippen molar-refractivity contribution in [1.29, 1.82) is 0 Å². The number of alkyl halides is 2. The van der Waals surface area contributed by atoms with E-state index in [1.165, 1.54) is 12.3 Å². The fraction of sp³-hybridized carbons (Fsp3) is 0.409. The van der Waals surface area contributed by atoms with E-state index in [-0.39, 0.29) is 30.7 Å². The molecule has 6 rings (SSSR count). The molecule has 14 heteroatoms. The summed E-state index contributed by atoms with van der Waals surface area (Å²) in [6.07, 6.45) is 11.4. The van der Waals surface area contributed by atoms with Crippen LogP contribution in [-0.4, -0.2) is 82.6 Å². The highest BCUT2D eigenvalue weighted by Gasteiger charge is 2.36. The van der Waals surface area contributed by atoms with Gasteiger partial charge in [0.05, 0.1) is 12.1 Å². The molecule has 0 bridgehead atoms. The molecule has 4 heterocycles. The van der Waals surface area contributed by atoms with Gasteiger partial charge in [0.2, 0.25) is 18.2 Å². The number of rotatable bonds is 21. The lowest BCUT2D eigenvalue weighted by atomic mass is 10.0. The molecule has 1 unspecified atom stereocenters. The number of nitrogens with one attached hydrogen (secondary N) is 1. The predicted octanol–water partition coefficient (Wildman–Crippen LogP) is 7.44. The van der Waals surface area contributed by atoms with Crippen LogP contribution in [0.25, 0.3) is 32.9 Å². The minimum atomic E-state index is -3.20. The number of carbonyl (C=O) groups excluding carboxylic acids is 4. The molecule has 0 spiro atoms. The van der Waals surface area contributed by atoms with Gasteiger partial charge in [0.1, 0.15) is 24.1 Å². The van der Waals surface area contributed by atoms with Crippen LogP contribution in [0.4, 0.5) is 8.78 Å². The standard InChI is InChI=1S/C44H49F2N5O7/c1-30-10-13-33(25-35(30)43(55)51(29-52)38-15-17-41(53)49-42(38)54)58-23-9-4-3-6-20-56-21-7-5-8-22-57-28-44(45,46)40-16-12-32(26-48-40)31-11-14-34-36-27-47-19-18-37(36)50(2)39(34)24-31/h10-14,16,18-19,24-27,29,38H,3-9,15,17,20-23,28H2,1-2H3,(H,49,53,54). The fourth-order valence-electron chi connectivity index (χ4n) is 7.10. The third kappa shape index (κ3) is 10.3. The zero-order valence-corrected chi connectivity index (χ0v) is 32.9. The first-order valence-corrected chi connectivity index (χ1v) is 19.7.